The SMILES string of the molecule is Cc1c[n+]2ccc3cccc4c3c2n1C4.Cc1cc2ccc3cccc4c3[n+]2n1C4.Cc1ccc2c3c1C[C@@H]1CC=Cc(c31)c1ccccc12.Cc1ccc2c3ccccc3c3c4c2[n+]1C[C@@H]4CC=C3. The van der Waals surface area contributed by atoms with E-state index in [-0.39, 0.29) is 0 Å². The molecule has 0 saturated heterocycles. The predicted molar refractivity (Wildman–Crippen MR) is 287 cm³/mol. The van der Waals surface area contributed by atoms with E-state index in [1.165, 1.54) is 135 Å². The lowest BCUT2D eigenvalue weighted by Crippen LogP contribution is -2.35. The second-order valence-electron chi connectivity index (χ2n) is 20.8. The highest BCUT2D eigenvalue weighted by atomic mass is 15.4. The van der Waals surface area contributed by atoms with Crippen molar-refractivity contribution in [2.75, 3.05) is 0 Å². The Labute approximate surface area is 407 Å². The summed E-state index contributed by atoms with van der Waals surface area (Å²) in [6, 6.07) is 48.9. The Hall–Kier alpha value is -7.89. The molecular weight excluding hydrogens is 851 g/mol. The molecule has 336 valence electrons. The summed E-state index contributed by atoms with van der Waals surface area (Å²) < 4.78 is 11.8. The van der Waals surface area contributed by atoms with Crippen molar-refractivity contribution in [2.45, 2.75) is 78.4 Å². The molecule has 0 radical (unpaired) electrons. The number of para-hydroxylation sites is 1. The van der Waals surface area contributed by atoms with Crippen LogP contribution in [0.2, 0.25) is 0 Å². The van der Waals surface area contributed by atoms with Crippen molar-refractivity contribution >= 4 is 88.2 Å². The fraction of sp³-hybridized carbons (Fsp3) is 0.185. The van der Waals surface area contributed by atoms with Crippen molar-refractivity contribution in [1.29, 1.82) is 0 Å². The average molecular weight is 905 g/mol. The number of benzene rings is 7. The van der Waals surface area contributed by atoms with Gasteiger partial charge in [-0.2, -0.15) is 4.57 Å². The summed E-state index contributed by atoms with van der Waals surface area (Å²) in [5.74, 6) is 1.38. The van der Waals surface area contributed by atoms with Gasteiger partial charge in [-0.25, -0.2) is 8.97 Å². The van der Waals surface area contributed by atoms with Crippen LogP contribution in [0.3, 0.4) is 0 Å². The average Bonchev–Trinajstić information content (AvgIpc) is 4.26. The van der Waals surface area contributed by atoms with Crippen LogP contribution in [0, 0.1) is 27.7 Å². The minimum absolute atomic E-state index is 0.670. The van der Waals surface area contributed by atoms with E-state index >= 15 is 0 Å². The van der Waals surface area contributed by atoms with E-state index in [1.54, 1.807) is 22.1 Å². The first-order valence-corrected chi connectivity index (χ1v) is 25.4. The van der Waals surface area contributed by atoms with Gasteiger partial charge >= 0.3 is 0 Å². The van der Waals surface area contributed by atoms with Gasteiger partial charge < -0.3 is 0 Å². The van der Waals surface area contributed by atoms with Crippen molar-refractivity contribution in [3.63, 3.8) is 0 Å². The zero-order valence-electron chi connectivity index (χ0n) is 40.3. The van der Waals surface area contributed by atoms with E-state index < -0.39 is 0 Å². The Bertz CT molecular complexity index is 4090. The van der Waals surface area contributed by atoms with Gasteiger partial charge in [-0.15, -0.1) is 4.68 Å². The van der Waals surface area contributed by atoms with Gasteiger partial charge in [0, 0.05) is 48.6 Å². The molecule has 0 unspecified atom stereocenters. The lowest BCUT2D eigenvalue weighted by atomic mass is 9.84. The molecular formula is C65H54N5+3. The Kier molecular flexibility index (Phi) is 8.47. The molecule has 7 aromatic carbocycles. The van der Waals surface area contributed by atoms with Crippen LogP contribution >= 0.6 is 0 Å². The van der Waals surface area contributed by atoms with E-state index in [0.29, 0.717) is 11.8 Å². The molecule has 5 nitrogen and oxygen atoms in total. The van der Waals surface area contributed by atoms with Crippen molar-refractivity contribution < 1.29 is 13.5 Å². The van der Waals surface area contributed by atoms with Gasteiger partial charge in [0.15, 0.2) is 12.2 Å². The molecule has 0 spiro atoms. The van der Waals surface area contributed by atoms with E-state index in [0.717, 1.165) is 19.6 Å². The molecule has 0 saturated carbocycles. The molecule has 0 bridgehead atoms. The van der Waals surface area contributed by atoms with Gasteiger partial charge in [0.05, 0.1) is 34.1 Å². The Morgan fingerprint density at radius 2 is 1.26 bits per heavy atom. The van der Waals surface area contributed by atoms with Crippen LogP contribution in [-0.2, 0) is 26.1 Å². The minimum atomic E-state index is 0.670. The maximum atomic E-state index is 2.53. The highest BCUT2D eigenvalue weighted by molar-refractivity contribution is 6.15. The number of aryl methyl sites for hydroxylation is 4. The minimum Gasteiger partial charge on any atom is -0.223 e. The first kappa shape index (κ1) is 40.0. The van der Waals surface area contributed by atoms with Gasteiger partial charge in [-0.05, 0) is 129 Å². The van der Waals surface area contributed by atoms with Crippen LogP contribution in [-0.4, -0.2) is 9.25 Å². The molecule has 0 N–H and O–H groups in total. The number of aromatic nitrogens is 5. The van der Waals surface area contributed by atoms with E-state index in [1.807, 2.05) is 0 Å². The molecule has 3 aliphatic carbocycles. The van der Waals surface area contributed by atoms with Gasteiger partial charge in [0.2, 0.25) is 16.6 Å². The first-order chi connectivity index (χ1) is 34.4. The molecule has 0 amide bonds. The lowest BCUT2D eigenvalue weighted by molar-refractivity contribution is -0.672. The van der Waals surface area contributed by atoms with E-state index in [2.05, 4.69) is 221 Å². The van der Waals surface area contributed by atoms with E-state index in [4.69, 9.17) is 0 Å². The second kappa shape index (κ2) is 14.8. The van der Waals surface area contributed by atoms with Crippen molar-refractivity contribution in [3.8, 4) is 0 Å². The molecule has 5 aromatic heterocycles. The molecule has 8 heterocycles. The molecule has 0 fully saturated rings. The van der Waals surface area contributed by atoms with Crippen LogP contribution in [0.4, 0.5) is 0 Å². The van der Waals surface area contributed by atoms with Crippen LogP contribution in [0.25, 0.3) is 88.2 Å². The largest absolute Gasteiger partial charge is 0.295 e. The maximum absolute atomic E-state index is 2.53. The first-order valence-electron chi connectivity index (χ1n) is 25.4. The molecule has 18 rings (SSSR count). The zero-order valence-corrected chi connectivity index (χ0v) is 40.3. The number of rotatable bonds is 0. The normalized spacial score (nSPS) is 16.7. The number of pyridine rings is 3. The molecule has 6 aliphatic rings. The summed E-state index contributed by atoms with van der Waals surface area (Å²) in [5, 5.41) is 14.2. The predicted octanol–water partition coefficient (Wildman–Crippen LogP) is 13.6. The second-order valence-corrected chi connectivity index (χ2v) is 20.8. The smallest absolute Gasteiger partial charge is 0.223 e. The van der Waals surface area contributed by atoms with Gasteiger partial charge in [-0.1, -0.05) is 120 Å². The number of imidazole rings is 1. The van der Waals surface area contributed by atoms with Crippen LogP contribution < -0.4 is 13.5 Å². The van der Waals surface area contributed by atoms with Crippen LogP contribution in [0.15, 0.2) is 158 Å². The van der Waals surface area contributed by atoms with E-state index in [9.17, 15) is 0 Å². The third-order valence-corrected chi connectivity index (χ3v) is 17.0. The molecule has 5 heteroatoms. The number of hydrogen-bond acceptors (Lipinski definition) is 0. The molecule has 2 atom stereocenters. The van der Waals surface area contributed by atoms with Gasteiger partial charge in [-0.3, -0.25) is 0 Å². The third kappa shape index (κ3) is 5.57. The van der Waals surface area contributed by atoms with Crippen molar-refractivity contribution in [1.82, 2.24) is 9.25 Å². The third-order valence-electron chi connectivity index (χ3n) is 17.0. The lowest BCUT2D eigenvalue weighted by Gasteiger charge is -2.19. The maximum Gasteiger partial charge on any atom is 0.295 e. The topological polar surface area (TPSA) is 21.9 Å². The summed E-state index contributed by atoms with van der Waals surface area (Å²) in [6.45, 7) is 12.0. The van der Waals surface area contributed by atoms with Crippen LogP contribution in [0.1, 0.15) is 86.3 Å². The number of nitrogens with zero attached hydrogens (tertiary/aromatic N) is 5. The molecule has 70 heavy (non-hydrogen) atoms. The quantitative estimate of drug-likeness (QED) is 0.107. The number of hydrogen-bond donors (Lipinski definition) is 0. The Morgan fingerprint density at radius 3 is 2.07 bits per heavy atom. The van der Waals surface area contributed by atoms with Crippen molar-refractivity contribution in [3.05, 3.63) is 220 Å². The summed E-state index contributed by atoms with van der Waals surface area (Å²) in [6.07, 6.45) is 17.4. The van der Waals surface area contributed by atoms with Gasteiger partial charge in [0.25, 0.3) is 5.65 Å². The monoisotopic (exact) mass is 904 g/mol. The fourth-order valence-corrected chi connectivity index (χ4v) is 13.8. The fourth-order valence-electron chi connectivity index (χ4n) is 13.8. The highest BCUT2D eigenvalue weighted by Crippen LogP contribution is 2.49. The standard InChI is InChI=1S/C20H16.C19H16N.2C13H11N2/c1-12-9-10-17-15-7-3-2-6-14(15)16-8-4-5-13-11-18(12)20(17)19(13)16;1-12-9-10-17-15-7-3-2-6-14(15)16-8-4-5-13-11-20(12)19(17)18(13)16;1-9-7-14-6-5-10-3-2-4-11-8-15(9)13(14)12(10)11;1-9-7-12-6-5-10-3-2-4-11-8-14(9)15(12)13(10)11/h2*2-4,6-10,13H,5,11H2,1H3;2*2-7H,8H2,1H3/q;3*+1/t2*13-;;/m00../s1. The molecule has 12 aromatic rings. The summed E-state index contributed by atoms with van der Waals surface area (Å²) >= 11 is 0. The van der Waals surface area contributed by atoms with Gasteiger partial charge in [0.1, 0.15) is 25.0 Å². The number of allylic oxidation sites excluding steroid dienone is 2. The highest BCUT2D eigenvalue weighted by Gasteiger charge is 2.37. The summed E-state index contributed by atoms with van der Waals surface area (Å²) in [5.41, 5.74) is 21.6. The Balaban J connectivity index is 0.0000000848. The molecule has 3 aliphatic heterocycles. The van der Waals surface area contributed by atoms with Crippen LogP contribution in [0.5, 0.6) is 0 Å². The van der Waals surface area contributed by atoms with Crippen molar-refractivity contribution in [2.24, 2.45) is 0 Å². The zero-order chi connectivity index (χ0) is 46.5. The summed E-state index contributed by atoms with van der Waals surface area (Å²) in [4.78, 5) is 0. The number of fused-ring (bicyclic) bond motifs is 6. The Morgan fingerprint density at radius 1 is 0.543 bits per heavy atom. The summed E-state index contributed by atoms with van der Waals surface area (Å²) in [7, 11) is 0.